The van der Waals surface area contributed by atoms with Crippen LogP contribution in [0.15, 0.2) is 0 Å². The van der Waals surface area contributed by atoms with Crippen LogP contribution in [0.3, 0.4) is 0 Å². The lowest BCUT2D eigenvalue weighted by Crippen LogP contribution is -2.36. The van der Waals surface area contributed by atoms with Crippen molar-refractivity contribution in [2.75, 3.05) is 5.75 Å². The summed E-state index contributed by atoms with van der Waals surface area (Å²) in [7, 11) is 0. The first-order valence-corrected chi connectivity index (χ1v) is 5.17. The highest BCUT2D eigenvalue weighted by Crippen LogP contribution is 2.22. The van der Waals surface area contributed by atoms with Crippen molar-refractivity contribution in [2.24, 2.45) is 5.73 Å². The van der Waals surface area contributed by atoms with E-state index in [0.29, 0.717) is 12.2 Å². The molecule has 1 aliphatic heterocycles. The Hall–Kier alpha value is -0.550. The maximum Gasteiger partial charge on any atom is 0.240 e. The van der Waals surface area contributed by atoms with Gasteiger partial charge >= 0.3 is 0 Å². The molecule has 1 rings (SSSR count). The molecule has 0 bridgehead atoms. The smallest absolute Gasteiger partial charge is 0.240 e. The van der Waals surface area contributed by atoms with E-state index in [1.807, 2.05) is 13.8 Å². The number of hydrogen-bond acceptors (Lipinski definition) is 4. The van der Waals surface area contributed by atoms with Gasteiger partial charge in [0, 0.05) is 17.7 Å². The molecule has 13 heavy (non-hydrogen) atoms. The van der Waals surface area contributed by atoms with Crippen LogP contribution in [0.5, 0.6) is 0 Å². The van der Waals surface area contributed by atoms with Crippen LogP contribution < -0.4 is 11.1 Å². The molecular formula is C8H14N2O2S. The monoisotopic (exact) mass is 202 g/mol. The van der Waals surface area contributed by atoms with Crippen LogP contribution in [0.1, 0.15) is 20.3 Å². The number of nitrogens with one attached hydrogen (secondary N) is 1. The second-order valence-electron chi connectivity index (χ2n) is 3.90. The minimum Gasteiger partial charge on any atom is -0.325 e. The number of rotatable bonds is 3. The van der Waals surface area contributed by atoms with E-state index in [2.05, 4.69) is 5.32 Å². The molecule has 0 aromatic rings. The zero-order chi connectivity index (χ0) is 10.1. The van der Waals surface area contributed by atoms with Gasteiger partial charge in [-0.1, -0.05) is 0 Å². The van der Waals surface area contributed by atoms with Gasteiger partial charge in [0.1, 0.15) is 0 Å². The lowest BCUT2D eigenvalue weighted by molar-refractivity contribution is -0.124. The maximum absolute atomic E-state index is 11.1. The SMILES string of the molecule is CC(C)(N)CSC1CC(=O)NC1=O. The van der Waals surface area contributed by atoms with Crippen LogP contribution in [-0.4, -0.2) is 28.4 Å². The van der Waals surface area contributed by atoms with Crippen LogP contribution in [0.2, 0.25) is 0 Å². The summed E-state index contributed by atoms with van der Waals surface area (Å²) in [5, 5.41) is 2.02. The molecule has 1 unspecified atom stereocenters. The first-order valence-electron chi connectivity index (χ1n) is 4.13. The van der Waals surface area contributed by atoms with Crippen LogP contribution in [0.4, 0.5) is 0 Å². The van der Waals surface area contributed by atoms with E-state index in [1.54, 1.807) is 0 Å². The van der Waals surface area contributed by atoms with E-state index in [4.69, 9.17) is 5.73 Å². The first-order chi connectivity index (χ1) is 5.88. The van der Waals surface area contributed by atoms with Gasteiger partial charge in [-0.2, -0.15) is 0 Å². The van der Waals surface area contributed by atoms with Gasteiger partial charge in [0.25, 0.3) is 0 Å². The Kier molecular flexibility index (Phi) is 2.98. The molecule has 1 saturated heterocycles. The Morgan fingerprint density at radius 2 is 2.23 bits per heavy atom. The number of amides is 2. The van der Waals surface area contributed by atoms with Gasteiger partial charge in [-0.3, -0.25) is 14.9 Å². The normalized spacial score (nSPS) is 23.5. The Labute approximate surface area is 81.6 Å². The van der Waals surface area contributed by atoms with Crippen molar-refractivity contribution in [1.29, 1.82) is 0 Å². The highest BCUT2D eigenvalue weighted by molar-refractivity contribution is 8.00. The summed E-state index contributed by atoms with van der Waals surface area (Å²) in [5.41, 5.74) is 5.46. The number of nitrogens with two attached hydrogens (primary N) is 1. The number of thioether (sulfide) groups is 1. The molecule has 2 amide bonds. The molecule has 1 atom stereocenters. The standard InChI is InChI=1S/C8H14N2O2S/c1-8(2,9)4-13-5-3-6(11)10-7(5)12/h5H,3-4,9H2,1-2H3,(H,10,11,12). The fourth-order valence-corrected chi connectivity index (χ4v) is 2.09. The van der Waals surface area contributed by atoms with Gasteiger partial charge in [-0.25, -0.2) is 0 Å². The van der Waals surface area contributed by atoms with Gasteiger partial charge in [-0.15, -0.1) is 11.8 Å². The van der Waals surface area contributed by atoms with Crippen molar-refractivity contribution in [1.82, 2.24) is 5.32 Å². The average Bonchev–Trinajstić information content (AvgIpc) is 2.24. The van der Waals surface area contributed by atoms with Gasteiger partial charge in [0.2, 0.25) is 11.8 Å². The molecule has 0 aliphatic carbocycles. The molecule has 1 aliphatic rings. The number of carbonyl (C=O) groups is 2. The summed E-state index contributed by atoms with van der Waals surface area (Å²) in [6, 6.07) is 0. The second kappa shape index (κ2) is 3.67. The Bertz CT molecular complexity index is 235. The third-order valence-corrected chi connectivity index (χ3v) is 3.28. The second-order valence-corrected chi connectivity index (χ2v) is 5.10. The minimum atomic E-state index is -0.295. The molecule has 5 heteroatoms. The number of imide groups is 1. The van der Waals surface area contributed by atoms with Gasteiger partial charge in [0.05, 0.1) is 5.25 Å². The fraction of sp³-hybridized carbons (Fsp3) is 0.750. The summed E-state index contributed by atoms with van der Waals surface area (Å²) >= 11 is 1.44. The zero-order valence-electron chi connectivity index (χ0n) is 7.79. The molecule has 0 spiro atoms. The van der Waals surface area contributed by atoms with Crippen LogP contribution in [-0.2, 0) is 9.59 Å². The van der Waals surface area contributed by atoms with Crippen LogP contribution >= 0.6 is 11.8 Å². The van der Waals surface area contributed by atoms with Crippen molar-refractivity contribution in [3.63, 3.8) is 0 Å². The lowest BCUT2D eigenvalue weighted by atomic mass is 10.1. The molecule has 1 heterocycles. The Morgan fingerprint density at radius 1 is 1.62 bits per heavy atom. The highest BCUT2D eigenvalue weighted by atomic mass is 32.2. The van der Waals surface area contributed by atoms with E-state index in [1.165, 1.54) is 11.8 Å². The van der Waals surface area contributed by atoms with E-state index < -0.39 is 0 Å². The Balaban J connectivity index is 2.38. The zero-order valence-corrected chi connectivity index (χ0v) is 8.61. The average molecular weight is 202 g/mol. The minimum absolute atomic E-state index is 0.181. The summed E-state index contributed by atoms with van der Waals surface area (Å²) < 4.78 is 0. The summed E-state index contributed by atoms with van der Waals surface area (Å²) in [6.45, 7) is 3.79. The van der Waals surface area contributed by atoms with E-state index >= 15 is 0 Å². The topological polar surface area (TPSA) is 72.2 Å². The van der Waals surface area contributed by atoms with Crippen molar-refractivity contribution in [3.05, 3.63) is 0 Å². The predicted molar refractivity (Wildman–Crippen MR) is 52.3 cm³/mol. The fourth-order valence-electron chi connectivity index (χ4n) is 0.980. The molecule has 0 saturated carbocycles. The third-order valence-electron chi connectivity index (χ3n) is 1.58. The number of carbonyl (C=O) groups excluding carboxylic acids is 2. The molecule has 4 nitrogen and oxygen atoms in total. The van der Waals surface area contributed by atoms with Gasteiger partial charge < -0.3 is 5.73 Å². The van der Waals surface area contributed by atoms with E-state index in [9.17, 15) is 9.59 Å². The molecule has 74 valence electrons. The predicted octanol–water partition coefficient (Wildman–Crippen LogP) is -0.128. The van der Waals surface area contributed by atoms with Crippen molar-refractivity contribution in [2.45, 2.75) is 31.1 Å². The van der Waals surface area contributed by atoms with Gasteiger partial charge in [0.15, 0.2) is 0 Å². The summed E-state index contributed by atoms with van der Waals surface area (Å²) in [5.74, 6) is 0.315. The Morgan fingerprint density at radius 3 is 2.62 bits per heavy atom. The number of hydrogen-bond donors (Lipinski definition) is 2. The van der Waals surface area contributed by atoms with Crippen molar-refractivity contribution < 1.29 is 9.59 Å². The molecular weight excluding hydrogens is 188 g/mol. The third kappa shape index (κ3) is 3.36. The van der Waals surface area contributed by atoms with Crippen molar-refractivity contribution in [3.8, 4) is 0 Å². The van der Waals surface area contributed by atoms with Gasteiger partial charge in [-0.05, 0) is 13.8 Å². The molecule has 3 N–H and O–H groups in total. The first kappa shape index (κ1) is 10.5. The molecule has 1 fully saturated rings. The van der Waals surface area contributed by atoms with E-state index in [0.717, 1.165) is 0 Å². The lowest BCUT2D eigenvalue weighted by Gasteiger charge is -2.18. The highest BCUT2D eigenvalue weighted by Gasteiger charge is 2.31. The molecule has 0 aromatic carbocycles. The maximum atomic E-state index is 11.1. The quantitative estimate of drug-likeness (QED) is 0.625. The largest absolute Gasteiger partial charge is 0.325 e. The van der Waals surface area contributed by atoms with Crippen LogP contribution in [0, 0.1) is 0 Å². The summed E-state index contributed by atoms with van der Waals surface area (Å²) in [4.78, 5) is 21.9. The molecule has 0 aromatic heterocycles. The molecule has 0 radical (unpaired) electrons. The summed E-state index contributed by atoms with van der Waals surface area (Å²) in [6.07, 6.45) is 0.291. The van der Waals surface area contributed by atoms with E-state index in [-0.39, 0.29) is 22.6 Å². The van der Waals surface area contributed by atoms with Crippen molar-refractivity contribution >= 4 is 23.6 Å². The van der Waals surface area contributed by atoms with Crippen LogP contribution in [0.25, 0.3) is 0 Å².